The third kappa shape index (κ3) is 5.07. The largest absolute Gasteiger partial charge is 0.469 e. The molecule has 0 aromatic heterocycles. The zero-order valence-corrected chi connectivity index (χ0v) is 12.6. The van der Waals surface area contributed by atoms with Crippen molar-refractivity contribution in [3.63, 3.8) is 0 Å². The first kappa shape index (κ1) is 19.2. The van der Waals surface area contributed by atoms with Gasteiger partial charge in [-0.25, -0.2) is 4.39 Å². The number of nitrogens with one attached hydrogen (secondary N) is 1. The number of halogens is 5. The summed E-state index contributed by atoms with van der Waals surface area (Å²) in [4.78, 5) is 22.7. The Labute approximate surface area is 133 Å². The van der Waals surface area contributed by atoms with Crippen LogP contribution in [0.5, 0.6) is 0 Å². The topological polar surface area (TPSA) is 81.4 Å². The van der Waals surface area contributed by atoms with Gasteiger partial charge < -0.3 is 15.8 Å². The van der Waals surface area contributed by atoms with Gasteiger partial charge in [0, 0.05) is 0 Å². The first-order chi connectivity index (χ1) is 10.6. The van der Waals surface area contributed by atoms with Gasteiger partial charge in [0.15, 0.2) is 5.82 Å². The molecule has 0 bridgehead atoms. The number of ether oxygens (including phenoxy) is 1. The molecular weight excluding hydrogens is 344 g/mol. The van der Waals surface area contributed by atoms with E-state index in [1.54, 1.807) is 0 Å². The maximum Gasteiger partial charge on any atom is 0.419 e. The molecular formula is C13H13ClF4N2O3. The summed E-state index contributed by atoms with van der Waals surface area (Å²) >= 11 is 5.48. The number of esters is 1. The predicted molar refractivity (Wildman–Crippen MR) is 73.0 cm³/mol. The van der Waals surface area contributed by atoms with Gasteiger partial charge in [-0.1, -0.05) is 11.6 Å². The maximum atomic E-state index is 13.5. The SMILES string of the molecule is COC(=O)C[C@H](NC(=O)CN)c1cc(Cl)c(F)c(C(F)(F)F)c1. The molecule has 0 radical (unpaired) electrons. The van der Waals surface area contributed by atoms with Crippen LogP contribution in [0.4, 0.5) is 17.6 Å². The Morgan fingerprint density at radius 3 is 2.48 bits per heavy atom. The van der Waals surface area contributed by atoms with Crippen LogP contribution in [0.2, 0.25) is 5.02 Å². The fraction of sp³-hybridized carbons (Fsp3) is 0.385. The van der Waals surface area contributed by atoms with E-state index in [1.807, 2.05) is 0 Å². The summed E-state index contributed by atoms with van der Waals surface area (Å²) in [5, 5.41) is 1.47. The van der Waals surface area contributed by atoms with Crippen LogP contribution in [-0.2, 0) is 20.5 Å². The average Bonchev–Trinajstić information content (AvgIpc) is 2.47. The number of carbonyl (C=O) groups excluding carboxylic acids is 2. The first-order valence-electron chi connectivity index (χ1n) is 6.22. The van der Waals surface area contributed by atoms with Gasteiger partial charge in [-0.05, 0) is 17.7 Å². The summed E-state index contributed by atoms with van der Waals surface area (Å²) in [6.07, 6.45) is -5.46. The van der Waals surface area contributed by atoms with Crippen LogP contribution in [0, 0.1) is 5.82 Å². The van der Waals surface area contributed by atoms with E-state index >= 15 is 0 Å². The van der Waals surface area contributed by atoms with E-state index in [1.165, 1.54) is 0 Å². The van der Waals surface area contributed by atoms with Crippen LogP contribution in [-0.4, -0.2) is 25.5 Å². The summed E-state index contributed by atoms with van der Waals surface area (Å²) in [5.41, 5.74) is 3.32. The Bertz CT molecular complexity index is 590. The van der Waals surface area contributed by atoms with Crippen molar-refractivity contribution in [2.45, 2.75) is 18.6 Å². The van der Waals surface area contributed by atoms with Crippen molar-refractivity contribution in [3.8, 4) is 0 Å². The molecule has 0 saturated heterocycles. The van der Waals surface area contributed by atoms with Crippen LogP contribution in [0.25, 0.3) is 0 Å². The Hall–Kier alpha value is -1.87. The highest BCUT2D eigenvalue weighted by atomic mass is 35.5. The number of methoxy groups -OCH3 is 1. The van der Waals surface area contributed by atoms with Gasteiger partial charge in [0.25, 0.3) is 0 Å². The van der Waals surface area contributed by atoms with Crippen molar-refractivity contribution < 1.29 is 31.9 Å². The first-order valence-corrected chi connectivity index (χ1v) is 6.60. The maximum absolute atomic E-state index is 13.5. The van der Waals surface area contributed by atoms with Crippen LogP contribution >= 0.6 is 11.6 Å². The molecule has 3 N–H and O–H groups in total. The van der Waals surface area contributed by atoms with E-state index in [4.69, 9.17) is 17.3 Å². The summed E-state index contributed by atoms with van der Waals surface area (Å²) in [6, 6.07) is 0.181. The number of alkyl halides is 3. The Kier molecular flexibility index (Phi) is 6.34. The second kappa shape index (κ2) is 7.60. The zero-order chi connectivity index (χ0) is 17.8. The minimum absolute atomic E-state index is 0.198. The second-order valence-corrected chi connectivity index (χ2v) is 4.87. The van der Waals surface area contributed by atoms with Gasteiger partial charge in [-0.15, -0.1) is 0 Å². The summed E-state index contributed by atoms with van der Waals surface area (Å²) in [7, 11) is 1.07. The minimum atomic E-state index is -4.99. The molecule has 128 valence electrons. The Morgan fingerprint density at radius 2 is 2.00 bits per heavy atom. The van der Waals surface area contributed by atoms with Crippen molar-refractivity contribution >= 4 is 23.5 Å². The number of hydrogen-bond acceptors (Lipinski definition) is 4. The molecule has 0 aliphatic carbocycles. The molecule has 5 nitrogen and oxygen atoms in total. The van der Waals surface area contributed by atoms with E-state index in [9.17, 15) is 27.2 Å². The smallest absolute Gasteiger partial charge is 0.419 e. The monoisotopic (exact) mass is 356 g/mol. The molecule has 0 saturated carbocycles. The molecule has 1 aromatic rings. The molecule has 1 rings (SSSR count). The van der Waals surface area contributed by atoms with Gasteiger partial charge in [0.2, 0.25) is 5.91 Å². The Balaban J connectivity index is 3.32. The van der Waals surface area contributed by atoms with Crippen LogP contribution < -0.4 is 11.1 Å². The van der Waals surface area contributed by atoms with Gasteiger partial charge in [0.1, 0.15) is 0 Å². The molecule has 0 unspecified atom stereocenters. The van der Waals surface area contributed by atoms with Crippen LogP contribution in [0.15, 0.2) is 12.1 Å². The molecule has 1 atom stereocenters. The zero-order valence-electron chi connectivity index (χ0n) is 11.8. The quantitative estimate of drug-likeness (QED) is 0.626. The lowest BCUT2D eigenvalue weighted by atomic mass is 10.00. The molecule has 0 aliphatic rings. The number of nitrogens with two attached hydrogens (primary N) is 1. The lowest BCUT2D eigenvalue weighted by molar-refractivity contribution is -0.141. The number of benzene rings is 1. The van der Waals surface area contributed by atoms with Gasteiger partial charge in [-0.3, -0.25) is 9.59 Å². The third-order valence-corrected chi connectivity index (χ3v) is 3.15. The lowest BCUT2D eigenvalue weighted by Crippen LogP contribution is -2.35. The number of rotatable bonds is 5. The fourth-order valence-corrected chi connectivity index (χ4v) is 2.00. The third-order valence-electron chi connectivity index (χ3n) is 2.88. The van der Waals surface area contributed by atoms with Gasteiger partial charge in [-0.2, -0.15) is 13.2 Å². The Morgan fingerprint density at radius 1 is 1.39 bits per heavy atom. The highest BCUT2D eigenvalue weighted by Crippen LogP contribution is 2.36. The van der Waals surface area contributed by atoms with Crippen molar-refractivity contribution in [1.29, 1.82) is 0 Å². The highest BCUT2D eigenvalue weighted by Gasteiger charge is 2.36. The number of carbonyl (C=O) groups is 2. The molecule has 0 fully saturated rings. The summed E-state index contributed by atoms with van der Waals surface area (Å²) in [5.74, 6) is -3.14. The summed E-state index contributed by atoms with van der Waals surface area (Å²) in [6.45, 7) is -0.446. The van der Waals surface area contributed by atoms with E-state index in [-0.39, 0.29) is 5.56 Å². The molecule has 1 amide bonds. The highest BCUT2D eigenvalue weighted by molar-refractivity contribution is 6.30. The van der Waals surface area contributed by atoms with Crippen LogP contribution in [0.3, 0.4) is 0 Å². The normalized spacial score (nSPS) is 12.7. The van der Waals surface area contributed by atoms with Gasteiger partial charge in [0.05, 0.1) is 36.7 Å². The molecule has 0 aliphatic heterocycles. The molecule has 10 heteroatoms. The van der Waals surface area contributed by atoms with E-state index in [2.05, 4.69) is 10.1 Å². The standard InChI is InChI=1S/C13H13ClF4N2O3/c1-23-11(22)4-9(20-10(21)5-19)6-2-7(13(16,17)18)12(15)8(14)3-6/h2-3,9H,4-5,19H2,1H3,(H,20,21)/t9-/m0/s1. The van der Waals surface area contributed by atoms with E-state index in [0.29, 0.717) is 6.07 Å². The lowest BCUT2D eigenvalue weighted by Gasteiger charge is -2.20. The van der Waals surface area contributed by atoms with Crippen molar-refractivity contribution in [2.75, 3.05) is 13.7 Å². The predicted octanol–water partition coefficient (Wildman–Crippen LogP) is 2.18. The van der Waals surface area contributed by atoms with Crippen LogP contribution in [0.1, 0.15) is 23.6 Å². The van der Waals surface area contributed by atoms with Gasteiger partial charge >= 0.3 is 12.1 Å². The summed E-state index contributed by atoms with van der Waals surface area (Å²) < 4.78 is 56.5. The number of hydrogen-bond donors (Lipinski definition) is 2. The van der Waals surface area contributed by atoms with Crippen molar-refractivity contribution in [2.24, 2.45) is 5.73 Å². The second-order valence-electron chi connectivity index (χ2n) is 4.47. The van der Waals surface area contributed by atoms with E-state index in [0.717, 1.165) is 13.2 Å². The molecule has 0 spiro atoms. The minimum Gasteiger partial charge on any atom is -0.469 e. The fourth-order valence-electron chi connectivity index (χ4n) is 1.77. The average molecular weight is 357 g/mol. The van der Waals surface area contributed by atoms with Crippen molar-refractivity contribution in [1.82, 2.24) is 5.32 Å². The molecule has 0 heterocycles. The number of amides is 1. The molecule has 1 aromatic carbocycles. The van der Waals surface area contributed by atoms with Crippen molar-refractivity contribution in [3.05, 3.63) is 34.1 Å². The van der Waals surface area contributed by atoms with E-state index < -0.39 is 53.5 Å². The molecule has 23 heavy (non-hydrogen) atoms.